The highest BCUT2D eigenvalue weighted by Crippen LogP contribution is 2.59. The Balaban J connectivity index is 1.72. The van der Waals surface area contributed by atoms with Gasteiger partial charge in [0.25, 0.3) is 5.91 Å². The van der Waals surface area contributed by atoms with Gasteiger partial charge in [-0.1, -0.05) is 38.1 Å². The van der Waals surface area contributed by atoms with Crippen LogP contribution in [0.5, 0.6) is 0 Å². The molecule has 0 N–H and O–H groups in total. The number of esters is 1. The summed E-state index contributed by atoms with van der Waals surface area (Å²) in [6, 6.07) is 9.15. The summed E-state index contributed by atoms with van der Waals surface area (Å²) in [5.41, 5.74) is 2.42. The highest BCUT2D eigenvalue weighted by molar-refractivity contribution is 6.53. The molecule has 0 saturated heterocycles. The van der Waals surface area contributed by atoms with Crippen molar-refractivity contribution < 1.29 is 14.3 Å². The van der Waals surface area contributed by atoms with E-state index in [1.54, 1.807) is 19.1 Å². The third-order valence-corrected chi connectivity index (χ3v) is 6.17. The number of para-hydroxylation sites is 1. The van der Waals surface area contributed by atoms with E-state index >= 15 is 0 Å². The van der Waals surface area contributed by atoms with Crippen molar-refractivity contribution in [2.75, 3.05) is 11.6 Å². The average Bonchev–Trinajstić information content (AvgIpc) is 2.99. The first kappa shape index (κ1) is 17.7. The zero-order chi connectivity index (χ0) is 19.2. The van der Waals surface area contributed by atoms with E-state index in [0.29, 0.717) is 23.1 Å². The second kappa shape index (κ2) is 6.48. The summed E-state index contributed by atoms with van der Waals surface area (Å²) in [4.78, 5) is 25.5. The molecule has 0 aromatic heterocycles. The predicted octanol–water partition coefficient (Wildman–Crippen LogP) is 3.87. The lowest BCUT2D eigenvalue weighted by atomic mass is 9.49. The maximum absolute atomic E-state index is 13.1. The molecule has 3 aliphatic carbocycles. The number of fused-ring (bicyclic) bond motifs is 1. The number of rotatable bonds is 4. The minimum atomic E-state index is -0.558. The smallest absolute Gasteiger partial charge is 0.359 e. The Morgan fingerprint density at radius 3 is 2.70 bits per heavy atom. The quantitative estimate of drug-likeness (QED) is 0.602. The van der Waals surface area contributed by atoms with Crippen LogP contribution >= 0.6 is 0 Å². The van der Waals surface area contributed by atoms with Gasteiger partial charge in [-0.05, 0) is 60.8 Å². The number of hydrogen-bond acceptors (Lipinski definition) is 4. The second-order valence-electron chi connectivity index (χ2n) is 7.93. The lowest BCUT2D eigenvalue weighted by molar-refractivity contribution is -0.135. The molecule has 140 valence electrons. The van der Waals surface area contributed by atoms with E-state index in [1.165, 1.54) is 5.01 Å². The lowest BCUT2D eigenvalue weighted by Crippen LogP contribution is -2.47. The molecule has 0 unspecified atom stereocenters. The zero-order valence-electron chi connectivity index (χ0n) is 15.9. The third-order valence-electron chi connectivity index (χ3n) is 6.17. The van der Waals surface area contributed by atoms with Crippen molar-refractivity contribution in [2.45, 2.75) is 33.6 Å². The lowest BCUT2D eigenvalue weighted by Gasteiger charge is -2.56. The first-order valence-electron chi connectivity index (χ1n) is 9.50. The zero-order valence-corrected chi connectivity index (χ0v) is 15.9. The van der Waals surface area contributed by atoms with E-state index in [-0.39, 0.29) is 23.6 Å². The molecule has 5 heteroatoms. The molecule has 4 aliphatic rings. The van der Waals surface area contributed by atoms with Crippen molar-refractivity contribution >= 4 is 23.3 Å². The van der Waals surface area contributed by atoms with Crippen LogP contribution in [0.2, 0.25) is 0 Å². The van der Waals surface area contributed by atoms with Gasteiger partial charge in [-0.2, -0.15) is 10.1 Å². The van der Waals surface area contributed by atoms with E-state index in [0.717, 1.165) is 18.4 Å². The number of anilines is 1. The fourth-order valence-corrected chi connectivity index (χ4v) is 4.37. The van der Waals surface area contributed by atoms with Crippen LogP contribution in [-0.4, -0.2) is 24.2 Å². The molecule has 2 bridgehead atoms. The number of carbonyl (C=O) groups is 2. The largest absolute Gasteiger partial charge is 0.461 e. The Morgan fingerprint density at radius 2 is 2.07 bits per heavy atom. The molecule has 27 heavy (non-hydrogen) atoms. The Morgan fingerprint density at radius 1 is 1.33 bits per heavy atom. The summed E-state index contributed by atoms with van der Waals surface area (Å²) in [6.45, 7) is 6.55. The number of benzene rings is 1. The van der Waals surface area contributed by atoms with E-state index in [4.69, 9.17) is 4.74 Å². The maximum atomic E-state index is 13.1. The van der Waals surface area contributed by atoms with Crippen molar-refractivity contribution in [1.82, 2.24) is 0 Å². The van der Waals surface area contributed by atoms with Gasteiger partial charge in [-0.3, -0.25) is 4.79 Å². The van der Waals surface area contributed by atoms with Crippen LogP contribution in [0.4, 0.5) is 5.69 Å². The molecule has 5 nitrogen and oxygen atoms in total. The molecule has 1 fully saturated rings. The fourth-order valence-electron chi connectivity index (χ4n) is 4.37. The molecule has 0 spiro atoms. The van der Waals surface area contributed by atoms with Crippen molar-refractivity contribution in [1.29, 1.82) is 0 Å². The highest BCUT2D eigenvalue weighted by atomic mass is 16.5. The number of hydrogen-bond donors (Lipinski definition) is 0. The highest BCUT2D eigenvalue weighted by Gasteiger charge is 2.51. The number of carbonyl (C=O) groups excluding carboxylic acids is 2. The van der Waals surface area contributed by atoms with Gasteiger partial charge in [-0.25, -0.2) is 4.79 Å². The SMILES string of the molecule is CCOC(=O)C1=NN(c2ccccc2)C(=O)/C1=C/C1=CC[C@H]2C[C@@H]1C2(C)C. The van der Waals surface area contributed by atoms with Gasteiger partial charge in [0.05, 0.1) is 17.9 Å². The molecule has 1 heterocycles. The van der Waals surface area contributed by atoms with Crippen LogP contribution in [0.3, 0.4) is 0 Å². The maximum Gasteiger partial charge on any atom is 0.359 e. The standard InChI is InChI=1S/C22H24N2O3/c1-4-27-21(26)19-17(12-14-10-11-15-13-18(14)22(15,2)3)20(25)24(23-19)16-8-6-5-7-9-16/h5-10,12,15,18H,4,11,13H2,1-3H3/b17-12+/t15-,18-/m0/s1. The summed E-state index contributed by atoms with van der Waals surface area (Å²) < 4.78 is 5.15. The van der Waals surface area contributed by atoms with Crippen LogP contribution in [0, 0.1) is 17.3 Å². The molecular weight excluding hydrogens is 340 g/mol. The normalized spacial score (nSPS) is 27.1. The first-order valence-corrected chi connectivity index (χ1v) is 9.50. The number of hydrazone groups is 1. The van der Waals surface area contributed by atoms with Gasteiger partial charge in [0.2, 0.25) is 0 Å². The second-order valence-corrected chi connectivity index (χ2v) is 7.93. The van der Waals surface area contributed by atoms with E-state index in [9.17, 15) is 9.59 Å². The van der Waals surface area contributed by atoms with Crippen molar-refractivity contribution in [3.05, 3.63) is 53.6 Å². The van der Waals surface area contributed by atoms with E-state index in [2.05, 4.69) is 25.0 Å². The first-order chi connectivity index (χ1) is 12.9. The van der Waals surface area contributed by atoms with Crippen molar-refractivity contribution in [3.8, 4) is 0 Å². The van der Waals surface area contributed by atoms with Crippen LogP contribution in [-0.2, 0) is 14.3 Å². The van der Waals surface area contributed by atoms with Gasteiger partial charge >= 0.3 is 5.97 Å². The summed E-state index contributed by atoms with van der Waals surface area (Å²) >= 11 is 0. The van der Waals surface area contributed by atoms with Crippen LogP contribution in [0.25, 0.3) is 0 Å². The Kier molecular flexibility index (Phi) is 4.25. The average molecular weight is 364 g/mol. The fraction of sp³-hybridized carbons (Fsp3) is 0.409. The molecule has 1 amide bonds. The van der Waals surface area contributed by atoms with Gasteiger partial charge in [0, 0.05) is 0 Å². The molecule has 1 saturated carbocycles. The van der Waals surface area contributed by atoms with Crippen LogP contribution in [0.15, 0.2) is 58.7 Å². The van der Waals surface area contributed by atoms with Gasteiger partial charge in [0.1, 0.15) is 0 Å². The topological polar surface area (TPSA) is 59.0 Å². The minimum absolute atomic E-state index is 0.0888. The number of allylic oxidation sites excluding steroid dienone is 3. The molecular formula is C22H24N2O3. The summed E-state index contributed by atoms with van der Waals surface area (Å²) in [7, 11) is 0. The van der Waals surface area contributed by atoms with Crippen LogP contribution < -0.4 is 5.01 Å². The predicted molar refractivity (Wildman–Crippen MR) is 104 cm³/mol. The molecule has 1 aromatic rings. The number of amides is 1. The number of ether oxygens (including phenoxy) is 1. The number of nitrogens with zero attached hydrogens (tertiary/aromatic N) is 2. The molecule has 1 aromatic carbocycles. The molecule has 1 aliphatic heterocycles. The Hall–Kier alpha value is -2.69. The van der Waals surface area contributed by atoms with Crippen LogP contribution in [0.1, 0.15) is 33.6 Å². The van der Waals surface area contributed by atoms with E-state index < -0.39 is 5.97 Å². The summed E-state index contributed by atoms with van der Waals surface area (Å²) in [5.74, 6) is 0.288. The summed E-state index contributed by atoms with van der Waals surface area (Å²) in [5, 5.41) is 5.60. The van der Waals surface area contributed by atoms with Gasteiger partial charge in [0.15, 0.2) is 5.71 Å². The van der Waals surface area contributed by atoms with Crippen molar-refractivity contribution in [2.24, 2.45) is 22.4 Å². The third kappa shape index (κ3) is 2.82. The summed E-state index contributed by atoms with van der Waals surface area (Å²) in [6.07, 6.45) is 6.23. The Bertz CT molecular complexity index is 880. The van der Waals surface area contributed by atoms with E-state index in [1.807, 2.05) is 24.3 Å². The molecule has 2 atom stereocenters. The Labute approximate surface area is 159 Å². The van der Waals surface area contributed by atoms with Gasteiger partial charge in [-0.15, -0.1) is 0 Å². The minimum Gasteiger partial charge on any atom is -0.461 e. The van der Waals surface area contributed by atoms with Crippen molar-refractivity contribution in [3.63, 3.8) is 0 Å². The van der Waals surface area contributed by atoms with Gasteiger partial charge < -0.3 is 4.74 Å². The monoisotopic (exact) mass is 364 g/mol. The molecule has 0 radical (unpaired) electrons. The molecule has 5 rings (SSSR count).